The Bertz CT molecular complexity index is 552. The molecule has 3 rings (SSSR count). The van der Waals surface area contributed by atoms with Gasteiger partial charge in [-0.1, -0.05) is 12.1 Å². The van der Waals surface area contributed by atoms with Crippen LogP contribution in [0.2, 0.25) is 0 Å². The average molecular weight is 263 g/mol. The van der Waals surface area contributed by atoms with Crippen LogP contribution < -0.4 is 0 Å². The van der Waals surface area contributed by atoms with E-state index in [2.05, 4.69) is 15.1 Å². The number of halogens is 1. The van der Waals surface area contributed by atoms with Crippen LogP contribution in [0.5, 0.6) is 0 Å². The van der Waals surface area contributed by atoms with E-state index in [0.717, 1.165) is 13.1 Å². The van der Waals surface area contributed by atoms with Crippen LogP contribution in [0.4, 0.5) is 4.39 Å². The molecule has 0 unspecified atom stereocenters. The van der Waals surface area contributed by atoms with E-state index in [-0.39, 0.29) is 11.7 Å². The molecular formula is C13H14FN3O2. The Labute approximate surface area is 110 Å². The van der Waals surface area contributed by atoms with Gasteiger partial charge in [0, 0.05) is 13.1 Å². The Kier molecular flexibility index (Phi) is 3.52. The summed E-state index contributed by atoms with van der Waals surface area (Å²) in [6, 6.07) is 6.37. The predicted molar refractivity (Wildman–Crippen MR) is 65.8 cm³/mol. The lowest BCUT2D eigenvalue weighted by atomic mass is 10.2. The Balaban J connectivity index is 1.74. The van der Waals surface area contributed by atoms with Gasteiger partial charge in [-0.25, -0.2) is 4.39 Å². The van der Waals surface area contributed by atoms with Crippen LogP contribution in [0, 0.1) is 5.82 Å². The highest BCUT2D eigenvalue weighted by atomic mass is 19.1. The highest BCUT2D eigenvalue weighted by molar-refractivity contribution is 5.53. The second-order valence-electron chi connectivity index (χ2n) is 4.37. The second kappa shape index (κ2) is 5.46. The predicted octanol–water partition coefficient (Wildman–Crippen LogP) is 1.71. The first-order valence-corrected chi connectivity index (χ1v) is 6.20. The molecule has 0 spiro atoms. The summed E-state index contributed by atoms with van der Waals surface area (Å²) in [6.07, 6.45) is 0. The number of rotatable bonds is 3. The quantitative estimate of drug-likeness (QED) is 0.843. The molecule has 1 saturated heterocycles. The second-order valence-corrected chi connectivity index (χ2v) is 4.37. The van der Waals surface area contributed by atoms with Gasteiger partial charge in [0.2, 0.25) is 5.89 Å². The maximum absolute atomic E-state index is 13.6. The van der Waals surface area contributed by atoms with Gasteiger partial charge in [0.25, 0.3) is 5.89 Å². The standard InChI is InChI=1S/C13H14FN3O2/c14-11-4-2-1-3-10(11)13-16-15-12(19-13)9-17-5-7-18-8-6-17/h1-4H,5-9H2. The number of aromatic nitrogens is 2. The fourth-order valence-electron chi connectivity index (χ4n) is 2.01. The minimum atomic E-state index is -0.357. The third-order valence-corrected chi connectivity index (χ3v) is 3.03. The van der Waals surface area contributed by atoms with Crippen molar-refractivity contribution in [1.29, 1.82) is 0 Å². The maximum atomic E-state index is 13.6. The maximum Gasteiger partial charge on any atom is 0.250 e. The van der Waals surface area contributed by atoms with E-state index in [1.165, 1.54) is 6.07 Å². The summed E-state index contributed by atoms with van der Waals surface area (Å²) in [4.78, 5) is 2.17. The molecule has 0 radical (unpaired) electrons. The Morgan fingerprint density at radius 2 is 1.95 bits per heavy atom. The molecule has 100 valence electrons. The summed E-state index contributed by atoms with van der Waals surface area (Å²) in [6.45, 7) is 3.70. The first-order valence-electron chi connectivity index (χ1n) is 6.20. The first kappa shape index (κ1) is 12.3. The molecule has 2 aromatic rings. The minimum absolute atomic E-state index is 0.223. The summed E-state index contributed by atoms with van der Waals surface area (Å²) in [7, 11) is 0. The zero-order chi connectivity index (χ0) is 13.1. The van der Waals surface area contributed by atoms with Crippen molar-refractivity contribution < 1.29 is 13.5 Å². The molecule has 0 saturated carbocycles. The lowest BCUT2D eigenvalue weighted by Crippen LogP contribution is -2.35. The molecular weight excluding hydrogens is 249 g/mol. The van der Waals surface area contributed by atoms with Crippen LogP contribution in [-0.4, -0.2) is 41.4 Å². The average Bonchev–Trinajstić information content (AvgIpc) is 2.89. The molecule has 2 heterocycles. The van der Waals surface area contributed by atoms with Crippen molar-refractivity contribution in [1.82, 2.24) is 15.1 Å². The minimum Gasteiger partial charge on any atom is -0.419 e. The molecule has 5 nitrogen and oxygen atoms in total. The topological polar surface area (TPSA) is 51.4 Å². The van der Waals surface area contributed by atoms with E-state index in [1.807, 2.05) is 0 Å². The van der Waals surface area contributed by atoms with Crippen molar-refractivity contribution in [2.24, 2.45) is 0 Å². The van der Waals surface area contributed by atoms with Crippen LogP contribution in [0.15, 0.2) is 28.7 Å². The van der Waals surface area contributed by atoms with Crippen molar-refractivity contribution in [2.75, 3.05) is 26.3 Å². The van der Waals surface area contributed by atoms with Gasteiger partial charge in [-0.15, -0.1) is 10.2 Å². The molecule has 0 amide bonds. The highest BCUT2D eigenvalue weighted by Crippen LogP contribution is 2.21. The van der Waals surface area contributed by atoms with E-state index < -0.39 is 0 Å². The lowest BCUT2D eigenvalue weighted by Gasteiger charge is -2.24. The van der Waals surface area contributed by atoms with E-state index in [1.54, 1.807) is 18.2 Å². The van der Waals surface area contributed by atoms with Crippen LogP contribution in [0.1, 0.15) is 5.89 Å². The molecule has 0 N–H and O–H groups in total. The number of nitrogens with zero attached hydrogens (tertiary/aromatic N) is 3. The molecule has 1 fully saturated rings. The Morgan fingerprint density at radius 1 is 1.16 bits per heavy atom. The van der Waals surface area contributed by atoms with E-state index in [9.17, 15) is 4.39 Å². The highest BCUT2D eigenvalue weighted by Gasteiger charge is 2.16. The lowest BCUT2D eigenvalue weighted by molar-refractivity contribution is 0.0306. The van der Waals surface area contributed by atoms with Gasteiger partial charge in [0.1, 0.15) is 5.82 Å². The van der Waals surface area contributed by atoms with Gasteiger partial charge >= 0.3 is 0 Å². The number of hydrogen-bond donors (Lipinski definition) is 0. The smallest absolute Gasteiger partial charge is 0.250 e. The molecule has 0 atom stereocenters. The molecule has 6 heteroatoms. The van der Waals surface area contributed by atoms with Crippen LogP contribution >= 0.6 is 0 Å². The van der Waals surface area contributed by atoms with Crippen molar-refractivity contribution >= 4 is 0 Å². The van der Waals surface area contributed by atoms with Gasteiger partial charge in [0.15, 0.2) is 0 Å². The van der Waals surface area contributed by atoms with E-state index in [0.29, 0.717) is 31.2 Å². The van der Waals surface area contributed by atoms with Crippen LogP contribution in [0.3, 0.4) is 0 Å². The fourth-order valence-corrected chi connectivity index (χ4v) is 2.01. The SMILES string of the molecule is Fc1ccccc1-c1nnc(CN2CCOCC2)o1. The third-order valence-electron chi connectivity index (χ3n) is 3.03. The molecule has 1 aromatic carbocycles. The summed E-state index contributed by atoms with van der Waals surface area (Å²) < 4.78 is 24.4. The number of hydrogen-bond acceptors (Lipinski definition) is 5. The fraction of sp³-hybridized carbons (Fsp3) is 0.385. The van der Waals surface area contributed by atoms with Crippen LogP contribution in [-0.2, 0) is 11.3 Å². The number of morpholine rings is 1. The normalized spacial score (nSPS) is 16.7. The monoisotopic (exact) mass is 263 g/mol. The van der Waals surface area contributed by atoms with Gasteiger partial charge in [0.05, 0.1) is 25.3 Å². The summed E-state index contributed by atoms with van der Waals surface area (Å²) in [5.74, 6) is 0.366. The molecule has 19 heavy (non-hydrogen) atoms. The zero-order valence-corrected chi connectivity index (χ0v) is 10.4. The molecule has 0 aliphatic carbocycles. The van der Waals surface area contributed by atoms with Crippen molar-refractivity contribution in [3.63, 3.8) is 0 Å². The summed E-state index contributed by atoms with van der Waals surface area (Å²) in [5.41, 5.74) is 0.336. The van der Waals surface area contributed by atoms with Crippen LogP contribution in [0.25, 0.3) is 11.5 Å². The van der Waals surface area contributed by atoms with Gasteiger partial charge < -0.3 is 9.15 Å². The van der Waals surface area contributed by atoms with Gasteiger partial charge in [-0.05, 0) is 12.1 Å². The van der Waals surface area contributed by atoms with E-state index in [4.69, 9.17) is 9.15 Å². The first-order chi connectivity index (χ1) is 9.33. The third kappa shape index (κ3) is 2.80. The van der Waals surface area contributed by atoms with Gasteiger partial charge in [-0.3, -0.25) is 4.90 Å². The zero-order valence-electron chi connectivity index (χ0n) is 10.4. The largest absolute Gasteiger partial charge is 0.419 e. The summed E-state index contributed by atoms with van der Waals surface area (Å²) >= 11 is 0. The van der Waals surface area contributed by atoms with E-state index >= 15 is 0 Å². The van der Waals surface area contributed by atoms with Crippen molar-refractivity contribution in [3.05, 3.63) is 36.0 Å². The Morgan fingerprint density at radius 3 is 2.74 bits per heavy atom. The molecule has 1 aromatic heterocycles. The van der Waals surface area contributed by atoms with Crippen molar-refractivity contribution in [2.45, 2.75) is 6.54 Å². The molecule has 0 bridgehead atoms. The number of ether oxygens (including phenoxy) is 1. The molecule has 1 aliphatic heterocycles. The van der Waals surface area contributed by atoms with Crippen molar-refractivity contribution in [3.8, 4) is 11.5 Å². The molecule has 1 aliphatic rings. The Hall–Kier alpha value is -1.79. The van der Waals surface area contributed by atoms with Gasteiger partial charge in [-0.2, -0.15) is 0 Å². The summed E-state index contributed by atoms with van der Waals surface area (Å²) in [5, 5.41) is 7.86. The number of benzene rings is 1.